The second-order valence-electron chi connectivity index (χ2n) is 5.74. The van der Waals surface area contributed by atoms with Crippen LogP contribution in [0.4, 0.5) is 5.69 Å². The van der Waals surface area contributed by atoms with Gasteiger partial charge in [0.15, 0.2) is 0 Å². The normalized spacial score (nSPS) is 15.7. The predicted octanol–water partition coefficient (Wildman–Crippen LogP) is 1.46. The van der Waals surface area contributed by atoms with Crippen molar-refractivity contribution in [2.24, 2.45) is 0 Å². The first kappa shape index (κ1) is 15.8. The molecule has 6 heteroatoms. The first-order valence-electron chi connectivity index (χ1n) is 6.88. The van der Waals surface area contributed by atoms with Crippen LogP contribution in [0.3, 0.4) is 0 Å². The van der Waals surface area contributed by atoms with Crippen molar-refractivity contribution in [3.63, 3.8) is 0 Å². The van der Waals surface area contributed by atoms with E-state index in [0.29, 0.717) is 23.7 Å². The molecule has 5 nitrogen and oxygen atoms in total. The van der Waals surface area contributed by atoms with Gasteiger partial charge in [-0.15, -0.1) is 0 Å². The van der Waals surface area contributed by atoms with E-state index in [9.17, 15) is 9.59 Å². The zero-order valence-corrected chi connectivity index (χ0v) is 12.9. The van der Waals surface area contributed by atoms with E-state index in [4.69, 9.17) is 16.7 Å². The largest absolute Gasteiger partial charge is 0.396 e. The number of fused-ring (bicyclic) bond motifs is 1. The number of carbonyl (C=O) groups excluding carboxylic acids is 2. The average molecular weight is 311 g/mol. The molecule has 0 aliphatic carbocycles. The Kier molecular flexibility index (Phi) is 4.54. The number of nitrogens with zero attached hydrogens (tertiary/aromatic N) is 1. The fraction of sp³-hybridized carbons (Fsp3) is 0.467. The SMILES string of the molecule is CC1(C)CN(C(=O)C(=O)NCCCO)c2cccc(Cl)c21. The Labute approximate surface area is 128 Å². The van der Waals surface area contributed by atoms with Crippen LogP contribution in [-0.4, -0.2) is 36.6 Å². The highest BCUT2D eigenvalue weighted by atomic mass is 35.5. The first-order chi connectivity index (χ1) is 9.88. The highest BCUT2D eigenvalue weighted by Crippen LogP contribution is 2.44. The van der Waals surface area contributed by atoms with Crippen LogP contribution >= 0.6 is 11.6 Å². The van der Waals surface area contributed by atoms with Gasteiger partial charge < -0.3 is 15.3 Å². The van der Waals surface area contributed by atoms with E-state index in [1.54, 1.807) is 18.2 Å². The van der Waals surface area contributed by atoms with Crippen molar-refractivity contribution >= 4 is 29.1 Å². The van der Waals surface area contributed by atoms with Gasteiger partial charge in [-0.25, -0.2) is 0 Å². The minimum absolute atomic E-state index is 0.0241. The Hall–Kier alpha value is -1.59. The van der Waals surface area contributed by atoms with Crippen molar-refractivity contribution in [3.05, 3.63) is 28.8 Å². The van der Waals surface area contributed by atoms with E-state index in [0.717, 1.165) is 5.56 Å². The standard InChI is InChI=1S/C15H19ClN2O3/c1-15(2)9-18(11-6-3-5-10(16)12(11)15)14(21)13(20)17-7-4-8-19/h3,5-6,19H,4,7-9H2,1-2H3,(H,17,20). The van der Waals surface area contributed by atoms with Gasteiger partial charge in [0.25, 0.3) is 0 Å². The van der Waals surface area contributed by atoms with E-state index in [2.05, 4.69) is 5.32 Å². The quantitative estimate of drug-likeness (QED) is 0.656. The Bertz CT molecular complexity index is 572. The topological polar surface area (TPSA) is 69.6 Å². The molecular formula is C15H19ClN2O3. The van der Waals surface area contributed by atoms with Crippen LogP contribution in [0.5, 0.6) is 0 Å². The Balaban J connectivity index is 2.22. The lowest BCUT2D eigenvalue weighted by Crippen LogP contribution is -2.44. The number of halogens is 1. The average Bonchev–Trinajstić information content (AvgIpc) is 2.71. The van der Waals surface area contributed by atoms with Crippen LogP contribution in [0.2, 0.25) is 5.02 Å². The third kappa shape index (κ3) is 3.04. The minimum atomic E-state index is -0.660. The zero-order valence-electron chi connectivity index (χ0n) is 12.1. The number of amides is 2. The number of benzene rings is 1. The summed E-state index contributed by atoms with van der Waals surface area (Å²) >= 11 is 6.24. The predicted molar refractivity (Wildman–Crippen MR) is 81.5 cm³/mol. The fourth-order valence-electron chi connectivity index (χ4n) is 2.63. The molecule has 1 aliphatic heterocycles. The highest BCUT2D eigenvalue weighted by molar-refractivity contribution is 6.41. The Morgan fingerprint density at radius 1 is 1.43 bits per heavy atom. The summed E-state index contributed by atoms with van der Waals surface area (Å²) in [6.07, 6.45) is 0.424. The number of aliphatic hydroxyl groups excluding tert-OH is 1. The number of anilines is 1. The lowest BCUT2D eigenvalue weighted by molar-refractivity contribution is -0.137. The lowest BCUT2D eigenvalue weighted by atomic mass is 9.87. The van der Waals surface area contributed by atoms with Gasteiger partial charge in [-0.3, -0.25) is 9.59 Å². The van der Waals surface area contributed by atoms with E-state index in [1.165, 1.54) is 4.90 Å². The van der Waals surface area contributed by atoms with Crippen LogP contribution < -0.4 is 10.2 Å². The van der Waals surface area contributed by atoms with E-state index in [1.807, 2.05) is 13.8 Å². The minimum Gasteiger partial charge on any atom is -0.396 e. The smallest absolute Gasteiger partial charge is 0.316 e. The maximum Gasteiger partial charge on any atom is 0.316 e. The molecule has 1 heterocycles. The molecule has 114 valence electrons. The number of nitrogens with one attached hydrogen (secondary N) is 1. The molecule has 0 saturated carbocycles. The van der Waals surface area contributed by atoms with Gasteiger partial charge in [-0.05, 0) is 18.6 Å². The molecule has 2 N–H and O–H groups in total. The molecule has 0 aromatic heterocycles. The van der Waals surface area contributed by atoms with Crippen molar-refractivity contribution in [3.8, 4) is 0 Å². The Morgan fingerprint density at radius 3 is 2.81 bits per heavy atom. The maximum atomic E-state index is 12.3. The summed E-state index contributed by atoms with van der Waals surface area (Å²) in [5.74, 6) is -1.26. The van der Waals surface area contributed by atoms with Crippen LogP contribution in [0.15, 0.2) is 18.2 Å². The number of hydrogen-bond donors (Lipinski definition) is 2. The second kappa shape index (κ2) is 6.03. The zero-order chi connectivity index (χ0) is 15.6. The van der Waals surface area contributed by atoms with Crippen LogP contribution in [0.25, 0.3) is 0 Å². The summed E-state index contributed by atoms with van der Waals surface area (Å²) in [4.78, 5) is 25.7. The van der Waals surface area contributed by atoms with Gasteiger partial charge in [0.05, 0.1) is 0 Å². The van der Waals surface area contributed by atoms with Crippen LogP contribution in [0, 0.1) is 0 Å². The summed E-state index contributed by atoms with van der Waals surface area (Å²) in [6.45, 7) is 4.66. The third-order valence-electron chi connectivity index (χ3n) is 3.57. The summed E-state index contributed by atoms with van der Waals surface area (Å²) in [6, 6.07) is 5.36. The van der Waals surface area contributed by atoms with E-state index in [-0.39, 0.29) is 18.6 Å². The number of rotatable bonds is 3. The number of aliphatic hydroxyl groups is 1. The highest BCUT2D eigenvalue weighted by Gasteiger charge is 2.41. The van der Waals surface area contributed by atoms with Crippen molar-refractivity contribution in [2.75, 3.05) is 24.6 Å². The van der Waals surface area contributed by atoms with Gasteiger partial charge >= 0.3 is 11.8 Å². The fourth-order valence-corrected chi connectivity index (χ4v) is 3.05. The van der Waals surface area contributed by atoms with Crippen molar-refractivity contribution in [1.82, 2.24) is 5.32 Å². The lowest BCUT2D eigenvalue weighted by Gasteiger charge is -2.20. The molecule has 0 unspecified atom stereocenters. The molecule has 0 saturated heterocycles. The molecule has 2 rings (SSSR count). The van der Waals surface area contributed by atoms with Crippen molar-refractivity contribution in [1.29, 1.82) is 0 Å². The molecular weight excluding hydrogens is 292 g/mol. The summed E-state index contributed by atoms with van der Waals surface area (Å²) in [5, 5.41) is 11.8. The molecule has 2 amide bonds. The van der Waals surface area contributed by atoms with E-state index >= 15 is 0 Å². The molecule has 21 heavy (non-hydrogen) atoms. The maximum absolute atomic E-state index is 12.3. The number of hydrogen-bond acceptors (Lipinski definition) is 3. The molecule has 0 spiro atoms. The second-order valence-corrected chi connectivity index (χ2v) is 6.15. The molecule has 1 aliphatic rings. The van der Waals surface area contributed by atoms with Crippen LogP contribution in [-0.2, 0) is 15.0 Å². The summed E-state index contributed by atoms with van der Waals surface area (Å²) < 4.78 is 0. The van der Waals surface area contributed by atoms with Crippen molar-refractivity contribution < 1.29 is 14.7 Å². The van der Waals surface area contributed by atoms with E-state index < -0.39 is 11.8 Å². The molecule has 0 atom stereocenters. The molecule has 1 aromatic rings. The summed E-state index contributed by atoms with van der Waals surface area (Å²) in [7, 11) is 0. The monoisotopic (exact) mass is 310 g/mol. The third-order valence-corrected chi connectivity index (χ3v) is 3.89. The molecule has 0 fully saturated rings. The summed E-state index contributed by atoms with van der Waals surface area (Å²) in [5.41, 5.74) is 1.28. The van der Waals surface area contributed by atoms with Crippen molar-refractivity contribution in [2.45, 2.75) is 25.7 Å². The van der Waals surface area contributed by atoms with Gasteiger partial charge in [-0.2, -0.15) is 0 Å². The molecule has 1 aromatic carbocycles. The van der Waals surface area contributed by atoms with Gasteiger partial charge in [0, 0.05) is 41.4 Å². The first-order valence-corrected chi connectivity index (χ1v) is 7.26. The molecule has 0 bridgehead atoms. The number of carbonyl (C=O) groups is 2. The van der Waals surface area contributed by atoms with Gasteiger partial charge in [-0.1, -0.05) is 31.5 Å². The van der Waals surface area contributed by atoms with Gasteiger partial charge in [0.2, 0.25) is 0 Å². The van der Waals surface area contributed by atoms with Gasteiger partial charge in [0.1, 0.15) is 0 Å². The molecule has 0 radical (unpaired) electrons. The van der Waals surface area contributed by atoms with Crippen LogP contribution in [0.1, 0.15) is 25.8 Å². The Morgan fingerprint density at radius 2 is 2.14 bits per heavy atom.